The van der Waals surface area contributed by atoms with Gasteiger partial charge in [-0.25, -0.2) is 4.79 Å². The molecule has 148 valence electrons. The number of hydrogen-bond donors (Lipinski definition) is 3. The van der Waals surface area contributed by atoms with Crippen LogP contribution in [0.3, 0.4) is 0 Å². The molecule has 0 radical (unpaired) electrons. The second kappa shape index (κ2) is 8.96. The van der Waals surface area contributed by atoms with Crippen molar-refractivity contribution in [3.05, 3.63) is 17.0 Å². The van der Waals surface area contributed by atoms with Crippen LogP contribution >= 0.6 is 11.3 Å². The van der Waals surface area contributed by atoms with Crippen LogP contribution in [-0.4, -0.2) is 56.0 Å². The first-order valence-electron chi connectivity index (χ1n) is 8.56. The third-order valence-electron chi connectivity index (χ3n) is 4.28. The first-order valence-corrected chi connectivity index (χ1v) is 9.44. The van der Waals surface area contributed by atoms with E-state index in [1.165, 1.54) is 23.3 Å². The molecule has 10 heteroatoms. The summed E-state index contributed by atoms with van der Waals surface area (Å²) in [4.78, 5) is 49.7. The number of hydrogen-bond acceptors (Lipinski definition) is 7. The predicted octanol–water partition coefficient (Wildman–Crippen LogP) is -0.144. The summed E-state index contributed by atoms with van der Waals surface area (Å²) in [7, 11) is 1.28. The second-order valence-corrected chi connectivity index (χ2v) is 7.41. The Hall–Kier alpha value is -2.46. The minimum atomic E-state index is -0.708. The van der Waals surface area contributed by atoms with Gasteiger partial charge in [0, 0.05) is 6.54 Å². The molecule has 0 bridgehead atoms. The number of methoxy groups -OCH3 is 1. The Morgan fingerprint density at radius 1 is 1.41 bits per heavy atom. The lowest BCUT2D eigenvalue weighted by Crippen LogP contribution is -2.49. The summed E-state index contributed by atoms with van der Waals surface area (Å²) in [5, 5.41) is 7.27. The van der Waals surface area contributed by atoms with Gasteiger partial charge in [0.25, 0.3) is 0 Å². The summed E-state index contributed by atoms with van der Waals surface area (Å²) in [5.74, 6) is -1.76. The normalized spacial score (nSPS) is 17.7. The molecular formula is C17H24N4O5S. The van der Waals surface area contributed by atoms with Gasteiger partial charge in [0.05, 0.1) is 25.3 Å². The third kappa shape index (κ3) is 4.83. The fourth-order valence-corrected chi connectivity index (χ4v) is 3.54. The Labute approximate surface area is 161 Å². The van der Waals surface area contributed by atoms with E-state index < -0.39 is 29.9 Å². The molecule has 2 atom stereocenters. The van der Waals surface area contributed by atoms with E-state index in [1.807, 2.05) is 13.8 Å². The number of ether oxygens (including phenoxy) is 1. The SMILES string of the molecule is COC(=O)c1ccsc1N1CCC(NC(=O)CNC(=O)[C@@H](N)C(C)C)C1=O. The largest absolute Gasteiger partial charge is 0.465 e. The van der Waals surface area contributed by atoms with Crippen LogP contribution in [0.5, 0.6) is 0 Å². The smallest absolute Gasteiger partial charge is 0.340 e. The highest BCUT2D eigenvalue weighted by atomic mass is 32.1. The number of thiophene rings is 1. The Morgan fingerprint density at radius 3 is 2.74 bits per heavy atom. The first kappa shape index (κ1) is 20.8. The highest BCUT2D eigenvalue weighted by Gasteiger charge is 2.36. The Morgan fingerprint density at radius 2 is 2.11 bits per heavy atom. The molecule has 27 heavy (non-hydrogen) atoms. The van der Waals surface area contributed by atoms with E-state index in [-0.39, 0.29) is 18.4 Å². The summed E-state index contributed by atoms with van der Waals surface area (Å²) >= 11 is 1.26. The van der Waals surface area contributed by atoms with Gasteiger partial charge in [0.2, 0.25) is 17.7 Å². The minimum absolute atomic E-state index is 0.0483. The van der Waals surface area contributed by atoms with Gasteiger partial charge in [0.1, 0.15) is 11.0 Å². The van der Waals surface area contributed by atoms with E-state index in [1.54, 1.807) is 11.4 Å². The molecule has 0 aromatic carbocycles. The number of esters is 1. The molecule has 1 fully saturated rings. The lowest BCUT2D eigenvalue weighted by atomic mass is 10.1. The fourth-order valence-electron chi connectivity index (χ4n) is 2.62. The fraction of sp³-hybridized carbons (Fsp3) is 0.529. The zero-order chi connectivity index (χ0) is 20.1. The molecule has 1 aromatic rings. The maximum atomic E-state index is 12.6. The maximum Gasteiger partial charge on any atom is 0.340 e. The maximum absolute atomic E-state index is 12.6. The number of rotatable bonds is 7. The molecule has 2 rings (SSSR count). The topological polar surface area (TPSA) is 131 Å². The zero-order valence-electron chi connectivity index (χ0n) is 15.5. The summed E-state index contributed by atoms with van der Waals surface area (Å²) in [5.41, 5.74) is 6.03. The van der Waals surface area contributed by atoms with Gasteiger partial charge in [-0.1, -0.05) is 13.8 Å². The second-order valence-electron chi connectivity index (χ2n) is 6.52. The number of carbonyl (C=O) groups is 4. The van der Waals surface area contributed by atoms with Crippen molar-refractivity contribution in [2.45, 2.75) is 32.4 Å². The molecule has 1 saturated heterocycles. The van der Waals surface area contributed by atoms with Crippen molar-refractivity contribution in [2.75, 3.05) is 25.1 Å². The monoisotopic (exact) mass is 396 g/mol. The van der Waals surface area contributed by atoms with Gasteiger partial charge in [-0.05, 0) is 23.8 Å². The van der Waals surface area contributed by atoms with Crippen LogP contribution in [0.15, 0.2) is 11.4 Å². The summed E-state index contributed by atoms with van der Waals surface area (Å²) in [6, 6.07) is 0.191. The molecule has 2 heterocycles. The lowest BCUT2D eigenvalue weighted by Gasteiger charge is -2.18. The molecule has 0 aliphatic carbocycles. The van der Waals surface area contributed by atoms with Gasteiger partial charge < -0.3 is 26.0 Å². The Kier molecular flexibility index (Phi) is 6.92. The molecule has 1 aliphatic rings. The van der Waals surface area contributed by atoms with E-state index in [4.69, 9.17) is 10.5 Å². The molecule has 0 saturated carbocycles. The van der Waals surface area contributed by atoms with Crippen molar-refractivity contribution >= 4 is 40.0 Å². The number of anilines is 1. The van der Waals surface area contributed by atoms with Crippen LogP contribution in [0.4, 0.5) is 5.00 Å². The van der Waals surface area contributed by atoms with Gasteiger partial charge in [0.15, 0.2) is 0 Å². The highest BCUT2D eigenvalue weighted by Crippen LogP contribution is 2.31. The summed E-state index contributed by atoms with van der Waals surface area (Å²) in [6.45, 7) is 3.74. The van der Waals surface area contributed by atoms with Crippen LogP contribution in [-0.2, 0) is 19.1 Å². The molecule has 1 aliphatic heterocycles. The number of nitrogens with one attached hydrogen (secondary N) is 2. The van der Waals surface area contributed by atoms with Gasteiger partial charge >= 0.3 is 5.97 Å². The van der Waals surface area contributed by atoms with E-state index in [2.05, 4.69) is 10.6 Å². The quantitative estimate of drug-likeness (QED) is 0.550. The van der Waals surface area contributed by atoms with Crippen molar-refractivity contribution < 1.29 is 23.9 Å². The average molecular weight is 396 g/mol. The molecule has 0 spiro atoms. The summed E-state index contributed by atoms with van der Waals surface area (Å²) < 4.78 is 4.72. The standard InChI is InChI=1S/C17H24N4O5S/c1-9(2)13(18)14(23)19-8-12(22)20-11-4-6-21(15(11)24)16-10(5-7-27-16)17(25)26-3/h5,7,9,11,13H,4,6,8,18H2,1-3H3,(H,19,23)(H,20,22)/t11?,13-/m0/s1. The number of amides is 3. The van der Waals surface area contributed by atoms with Gasteiger partial charge in [-0.2, -0.15) is 0 Å². The van der Waals surface area contributed by atoms with Crippen molar-refractivity contribution in [3.8, 4) is 0 Å². The number of carbonyl (C=O) groups excluding carboxylic acids is 4. The third-order valence-corrected chi connectivity index (χ3v) is 5.22. The molecular weight excluding hydrogens is 372 g/mol. The van der Waals surface area contributed by atoms with E-state index >= 15 is 0 Å². The Balaban J connectivity index is 1.92. The van der Waals surface area contributed by atoms with Gasteiger partial charge in [-0.3, -0.25) is 14.4 Å². The molecule has 9 nitrogen and oxygen atoms in total. The minimum Gasteiger partial charge on any atom is -0.465 e. The van der Waals surface area contributed by atoms with Crippen molar-refractivity contribution in [2.24, 2.45) is 11.7 Å². The predicted molar refractivity (Wildman–Crippen MR) is 100 cm³/mol. The first-order chi connectivity index (χ1) is 12.8. The van der Waals surface area contributed by atoms with E-state index in [0.29, 0.717) is 23.5 Å². The molecule has 4 N–H and O–H groups in total. The number of nitrogens with two attached hydrogens (primary N) is 1. The molecule has 1 unspecified atom stereocenters. The molecule has 1 aromatic heterocycles. The van der Waals surface area contributed by atoms with Crippen molar-refractivity contribution in [1.29, 1.82) is 0 Å². The average Bonchev–Trinajstić information content (AvgIpc) is 3.25. The van der Waals surface area contributed by atoms with Gasteiger partial charge in [-0.15, -0.1) is 11.3 Å². The highest BCUT2D eigenvalue weighted by molar-refractivity contribution is 7.14. The van der Waals surface area contributed by atoms with E-state index in [0.717, 1.165) is 0 Å². The summed E-state index contributed by atoms with van der Waals surface area (Å²) in [6.07, 6.45) is 0.405. The zero-order valence-corrected chi connectivity index (χ0v) is 16.3. The van der Waals surface area contributed by atoms with Crippen molar-refractivity contribution in [1.82, 2.24) is 10.6 Å². The van der Waals surface area contributed by atoms with Crippen LogP contribution in [0.2, 0.25) is 0 Å². The molecule has 3 amide bonds. The van der Waals surface area contributed by atoms with Crippen LogP contribution in [0.1, 0.15) is 30.6 Å². The van der Waals surface area contributed by atoms with Crippen LogP contribution < -0.4 is 21.3 Å². The van der Waals surface area contributed by atoms with Crippen LogP contribution in [0.25, 0.3) is 0 Å². The van der Waals surface area contributed by atoms with E-state index in [9.17, 15) is 19.2 Å². The number of nitrogens with zero attached hydrogens (tertiary/aromatic N) is 1. The Bertz CT molecular complexity index is 733. The lowest BCUT2D eigenvalue weighted by molar-refractivity contribution is -0.128. The van der Waals surface area contributed by atoms with Crippen LogP contribution in [0, 0.1) is 5.92 Å². The van der Waals surface area contributed by atoms with Crippen molar-refractivity contribution in [3.63, 3.8) is 0 Å².